The highest BCUT2D eigenvalue weighted by Gasteiger charge is 2.28. The van der Waals surface area contributed by atoms with Gasteiger partial charge in [0, 0.05) is 39.7 Å². The summed E-state index contributed by atoms with van der Waals surface area (Å²) in [6.07, 6.45) is 1.12. The Morgan fingerprint density at radius 1 is 0.636 bits per heavy atom. The van der Waals surface area contributed by atoms with Crippen molar-refractivity contribution >= 4 is 78.6 Å². The molecule has 2 unspecified atom stereocenters. The Labute approximate surface area is 264 Å². The van der Waals surface area contributed by atoms with Crippen LogP contribution in [0.4, 0.5) is 0 Å². The lowest BCUT2D eigenvalue weighted by molar-refractivity contribution is 0.0909. The monoisotopic (exact) mass is 623 g/mol. The topological polar surface area (TPSA) is 110 Å². The molecule has 0 aliphatic carbocycles. The zero-order chi connectivity index (χ0) is 31.0. The number of benzene rings is 4. The van der Waals surface area contributed by atoms with Crippen molar-refractivity contribution < 1.29 is 9.59 Å². The minimum Gasteiger partial charge on any atom is -0.348 e. The van der Waals surface area contributed by atoms with Gasteiger partial charge in [-0.2, -0.15) is 0 Å². The lowest BCUT2D eigenvalue weighted by atomic mass is 9.95. The van der Waals surface area contributed by atoms with Crippen molar-refractivity contribution in [3.05, 3.63) is 106 Å². The number of rotatable bonds is 8. The number of nitrogens with two attached hydrogens (primary N) is 1. The van der Waals surface area contributed by atoms with Crippen molar-refractivity contribution in [1.82, 2.24) is 20.6 Å². The van der Waals surface area contributed by atoms with Crippen LogP contribution in [0, 0.1) is 0 Å². The van der Waals surface area contributed by atoms with Gasteiger partial charge < -0.3 is 16.4 Å². The molecule has 0 aliphatic rings. The molecule has 0 spiro atoms. The van der Waals surface area contributed by atoms with E-state index in [0.717, 1.165) is 21.5 Å². The largest absolute Gasteiger partial charge is 0.348 e. The molecule has 9 heteroatoms. The fraction of sp³-hybridized carbons (Fsp3) is 0.200. The lowest BCUT2D eigenvalue weighted by Gasteiger charge is -2.31. The molecule has 4 aromatic carbocycles. The summed E-state index contributed by atoms with van der Waals surface area (Å²) in [5, 5.41) is 10.7. The fourth-order valence-electron chi connectivity index (χ4n) is 5.78. The van der Waals surface area contributed by atoms with E-state index in [9.17, 15) is 9.59 Å². The first kappa shape index (κ1) is 29.8. The predicted octanol–water partition coefficient (Wildman–Crippen LogP) is 7.44. The minimum atomic E-state index is -0.561. The number of para-hydroxylation sites is 4. The molecule has 0 radical (unpaired) electrons. The normalized spacial score (nSPS) is 13.7. The number of carbonyl (C=O) groups is 2. The molecule has 0 saturated heterocycles. The van der Waals surface area contributed by atoms with Crippen LogP contribution in [0.5, 0.6) is 0 Å². The van der Waals surface area contributed by atoms with Crippen LogP contribution >= 0.6 is 23.2 Å². The summed E-state index contributed by atoms with van der Waals surface area (Å²) in [5.41, 5.74) is 10.0. The number of nitrogens with zero attached hydrogens (tertiary/aromatic N) is 2. The number of fused-ring (bicyclic) bond motifs is 4. The number of hydrogen-bond donors (Lipinski definition) is 3. The second kappa shape index (κ2) is 12.4. The van der Waals surface area contributed by atoms with Crippen LogP contribution in [0.2, 0.25) is 10.0 Å². The summed E-state index contributed by atoms with van der Waals surface area (Å²) in [4.78, 5) is 36.8. The zero-order valence-electron chi connectivity index (χ0n) is 24.3. The van der Waals surface area contributed by atoms with E-state index in [0.29, 0.717) is 56.1 Å². The second-order valence-electron chi connectivity index (χ2n) is 10.9. The van der Waals surface area contributed by atoms with E-state index < -0.39 is 18.1 Å². The van der Waals surface area contributed by atoms with Crippen LogP contribution < -0.4 is 16.4 Å². The maximum atomic E-state index is 13.6. The first-order valence-corrected chi connectivity index (χ1v) is 15.4. The first-order valence-electron chi connectivity index (χ1n) is 14.6. The Kier molecular flexibility index (Phi) is 8.36. The van der Waals surface area contributed by atoms with E-state index in [2.05, 4.69) is 10.6 Å². The van der Waals surface area contributed by atoms with E-state index in [1.165, 1.54) is 0 Å². The summed E-state index contributed by atoms with van der Waals surface area (Å²) in [7, 11) is 0. The maximum absolute atomic E-state index is 13.6. The summed E-state index contributed by atoms with van der Waals surface area (Å²) >= 11 is 12.8. The van der Waals surface area contributed by atoms with E-state index >= 15 is 0 Å². The molecular formula is C35H31Cl2N5O2. The molecule has 7 nitrogen and oxygen atoms in total. The molecule has 0 saturated carbocycles. The molecule has 0 bridgehead atoms. The van der Waals surface area contributed by atoms with Gasteiger partial charge in [-0.05, 0) is 49.2 Å². The Morgan fingerprint density at radius 3 is 1.39 bits per heavy atom. The van der Waals surface area contributed by atoms with Crippen LogP contribution in [0.1, 0.15) is 47.4 Å². The zero-order valence-corrected chi connectivity index (χ0v) is 25.8. The second-order valence-corrected chi connectivity index (χ2v) is 11.7. The van der Waals surface area contributed by atoms with Gasteiger partial charge in [-0.15, -0.1) is 0 Å². The number of carbonyl (C=O) groups excluding carboxylic acids is 2. The Bertz CT molecular complexity index is 1920. The van der Waals surface area contributed by atoms with Crippen LogP contribution in [0.3, 0.4) is 0 Å². The van der Waals surface area contributed by atoms with Crippen LogP contribution in [0.15, 0.2) is 84.9 Å². The SMILES string of the molecule is CCC(NC(=O)c1cccc2cc3cccc(Cl)c3nc12)C(N)C(CC)NC(=O)c1cccc2cc3cccc(Cl)c3nc12. The average Bonchev–Trinajstić information content (AvgIpc) is 3.03. The molecule has 222 valence electrons. The molecule has 2 amide bonds. The molecule has 4 N–H and O–H groups in total. The van der Waals surface area contributed by atoms with Gasteiger partial charge in [0.25, 0.3) is 11.8 Å². The molecule has 2 aromatic heterocycles. The molecule has 6 rings (SSSR count). The molecular weight excluding hydrogens is 593 g/mol. The third-order valence-corrected chi connectivity index (χ3v) is 8.78. The molecule has 2 atom stereocenters. The summed E-state index contributed by atoms with van der Waals surface area (Å²) < 4.78 is 0. The third kappa shape index (κ3) is 5.54. The number of hydrogen-bond acceptors (Lipinski definition) is 5. The van der Waals surface area contributed by atoms with Crippen molar-refractivity contribution in [3.8, 4) is 0 Å². The summed E-state index contributed by atoms with van der Waals surface area (Å²) in [6, 6.07) is 24.7. The van der Waals surface area contributed by atoms with E-state index in [4.69, 9.17) is 38.9 Å². The molecule has 44 heavy (non-hydrogen) atoms. The predicted molar refractivity (Wildman–Crippen MR) is 180 cm³/mol. The highest BCUT2D eigenvalue weighted by Crippen LogP contribution is 2.28. The Morgan fingerprint density at radius 2 is 1.00 bits per heavy atom. The van der Waals surface area contributed by atoms with Crippen molar-refractivity contribution in [2.45, 2.75) is 44.8 Å². The summed E-state index contributed by atoms with van der Waals surface area (Å²) in [6.45, 7) is 3.91. The van der Waals surface area contributed by atoms with Gasteiger partial charge >= 0.3 is 0 Å². The lowest BCUT2D eigenvalue weighted by Crippen LogP contribution is -2.58. The fourth-order valence-corrected chi connectivity index (χ4v) is 6.23. The van der Waals surface area contributed by atoms with Gasteiger partial charge in [0.2, 0.25) is 0 Å². The number of pyridine rings is 2. The van der Waals surface area contributed by atoms with Crippen molar-refractivity contribution in [1.29, 1.82) is 0 Å². The number of amides is 2. The quantitative estimate of drug-likeness (QED) is 0.153. The molecule has 2 heterocycles. The van der Waals surface area contributed by atoms with Gasteiger partial charge in [-0.1, -0.05) is 85.6 Å². The minimum absolute atomic E-state index is 0.292. The van der Waals surface area contributed by atoms with E-state index in [-0.39, 0.29) is 11.8 Å². The van der Waals surface area contributed by atoms with Gasteiger partial charge in [0.05, 0.1) is 43.2 Å². The smallest absolute Gasteiger partial charge is 0.253 e. The van der Waals surface area contributed by atoms with Crippen LogP contribution in [-0.4, -0.2) is 39.9 Å². The van der Waals surface area contributed by atoms with Crippen molar-refractivity contribution in [3.63, 3.8) is 0 Å². The molecule has 0 fully saturated rings. The number of nitrogens with one attached hydrogen (secondary N) is 2. The summed E-state index contributed by atoms with van der Waals surface area (Å²) in [5.74, 6) is -0.583. The third-order valence-electron chi connectivity index (χ3n) is 8.17. The van der Waals surface area contributed by atoms with Crippen LogP contribution in [0.25, 0.3) is 43.6 Å². The highest BCUT2D eigenvalue weighted by atomic mass is 35.5. The van der Waals surface area contributed by atoms with Gasteiger partial charge in [-0.25, -0.2) is 9.97 Å². The standard InChI is InChI=1S/C35H31Cl2N5O2/c1-3-27(39-34(43)23-13-5-9-19-17-21-11-7-15-25(36)32(21)41-30(19)23)29(38)28(4-2)40-35(44)24-14-6-10-20-18-22-12-8-16-26(37)33(22)42-31(20)24/h5-18,27-29H,3-4,38H2,1-2H3,(H,39,43)(H,40,44). The Balaban J connectivity index is 1.25. The molecule has 6 aromatic rings. The van der Waals surface area contributed by atoms with E-state index in [1.807, 2.05) is 74.5 Å². The highest BCUT2D eigenvalue weighted by molar-refractivity contribution is 6.35. The van der Waals surface area contributed by atoms with Gasteiger partial charge in [0.15, 0.2) is 0 Å². The van der Waals surface area contributed by atoms with Crippen LogP contribution in [-0.2, 0) is 0 Å². The number of aromatic nitrogens is 2. The Hall–Kier alpha value is -4.30. The molecule has 0 aliphatic heterocycles. The van der Waals surface area contributed by atoms with Gasteiger partial charge in [0.1, 0.15) is 0 Å². The van der Waals surface area contributed by atoms with Crippen molar-refractivity contribution in [2.75, 3.05) is 0 Å². The van der Waals surface area contributed by atoms with Gasteiger partial charge in [-0.3, -0.25) is 9.59 Å². The number of halogens is 2. The first-order chi connectivity index (χ1) is 21.3. The van der Waals surface area contributed by atoms with Crippen molar-refractivity contribution in [2.24, 2.45) is 5.73 Å². The average molecular weight is 625 g/mol. The van der Waals surface area contributed by atoms with E-state index in [1.54, 1.807) is 24.3 Å². The maximum Gasteiger partial charge on any atom is 0.253 e.